The van der Waals surface area contributed by atoms with Crippen LogP contribution < -0.4 is 0 Å². The van der Waals surface area contributed by atoms with Crippen LogP contribution in [-0.2, 0) is 31.2 Å². The smallest absolute Gasteiger partial charge is 0.410 e. The lowest BCUT2D eigenvalue weighted by molar-refractivity contribution is -0.128. The van der Waals surface area contributed by atoms with E-state index in [-0.39, 0.29) is 22.3 Å². The Labute approximate surface area is 219 Å². The fourth-order valence-electron chi connectivity index (χ4n) is 4.65. The number of nitrogens with zero attached hydrogens (tertiary/aromatic N) is 2. The van der Waals surface area contributed by atoms with Gasteiger partial charge in [-0.25, -0.2) is 13.6 Å². The van der Waals surface area contributed by atoms with Gasteiger partial charge in [0.05, 0.1) is 11.9 Å². The molecule has 0 radical (unpaired) electrons. The van der Waals surface area contributed by atoms with Crippen LogP contribution in [0.5, 0.6) is 0 Å². The lowest BCUT2D eigenvalue weighted by atomic mass is 9.92. The molecule has 0 saturated carbocycles. The first kappa shape index (κ1) is 26.7. The molecule has 0 unspecified atom stereocenters. The summed E-state index contributed by atoms with van der Waals surface area (Å²) in [4.78, 5) is 14.1. The summed E-state index contributed by atoms with van der Waals surface area (Å²) in [6, 6.07) is 8.53. The molecule has 10 heteroatoms. The molecule has 1 aromatic heterocycles. The quantitative estimate of drug-likeness (QED) is 0.222. The summed E-state index contributed by atoms with van der Waals surface area (Å²) >= 11 is 1.80. The van der Waals surface area contributed by atoms with Crippen molar-refractivity contribution < 1.29 is 31.5 Å². The maximum atomic E-state index is 14.4. The van der Waals surface area contributed by atoms with Crippen molar-refractivity contribution in [2.24, 2.45) is 7.05 Å². The first-order chi connectivity index (χ1) is 16.7. The van der Waals surface area contributed by atoms with Gasteiger partial charge in [0.25, 0.3) is 6.43 Å². The van der Waals surface area contributed by atoms with Gasteiger partial charge in [-0.1, -0.05) is 30.3 Å². The second kappa shape index (κ2) is 9.50. The van der Waals surface area contributed by atoms with Gasteiger partial charge in [0.2, 0.25) is 0 Å². The van der Waals surface area contributed by atoms with E-state index in [1.165, 1.54) is 11.6 Å². The second-order valence-electron chi connectivity index (χ2n) is 9.97. The topological polar surface area (TPSA) is 34.5 Å². The molecule has 0 fully saturated rings. The molecule has 1 amide bonds. The maximum Gasteiger partial charge on any atom is 0.410 e. The minimum absolute atomic E-state index is 0.0372. The summed E-state index contributed by atoms with van der Waals surface area (Å²) in [6.07, 6.45) is -8.41. The van der Waals surface area contributed by atoms with E-state index >= 15 is 0 Å². The Hall–Kier alpha value is -2.37. The molecular formula is C26H26F5IN2O2. The van der Waals surface area contributed by atoms with E-state index in [4.69, 9.17) is 4.74 Å². The predicted molar refractivity (Wildman–Crippen MR) is 136 cm³/mol. The van der Waals surface area contributed by atoms with Crippen molar-refractivity contribution >= 4 is 39.6 Å². The summed E-state index contributed by atoms with van der Waals surface area (Å²) in [5.41, 5.74) is 1.86. The fraction of sp³-hybridized carbons (Fsp3) is 0.423. The van der Waals surface area contributed by atoms with Gasteiger partial charge < -0.3 is 14.2 Å². The largest absolute Gasteiger partial charge is 0.444 e. The van der Waals surface area contributed by atoms with Crippen LogP contribution >= 0.6 is 22.6 Å². The highest BCUT2D eigenvalue weighted by molar-refractivity contribution is 14.1. The summed E-state index contributed by atoms with van der Waals surface area (Å²) in [5, 5.41) is 0.377. The van der Waals surface area contributed by atoms with Gasteiger partial charge in [-0.2, -0.15) is 13.2 Å². The van der Waals surface area contributed by atoms with E-state index in [0.29, 0.717) is 34.0 Å². The van der Waals surface area contributed by atoms with Gasteiger partial charge in [-0.3, -0.25) is 0 Å². The standard InChI is InChI=1S/C26H26F5IN2O2/c1-25(2,3)36-24(35)34-10-9-14-11-15(5-6-16(14)13-34)17-7-8-18-21(32)19(12-26(29,30)31)33(4)22(18)20(17)23(27)28/h5-8,11,23H,9-10,12-13H2,1-4H3. The van der Waals surface area contributed by atoms with Crippen molar-refractivity contribution in [3.8, 4) is 11.1 Å². The van der Waals surface area contributed by atoms with Crippen molar-refractivity contribution in [2.75, 3.05) is 6.54 Å². The van der Waals surface area contributed by atoms with Crippen LogP contribution in [0.2, 0.25) is 0 Å². The molecule has 4 nitrogen and oxygen atoms in total. The Bertz CT molecular complexity index is 1320. The molecule has 0 N–H and O–H groups in total. The molecule has 194 valence electrons. The summed E-state index contributed by atoms with van der Waals surface area (Å²) in [6.45, 7) is 6.18. The maximum absolute atomic E-state index is 14.4. The van der Waals surface area contributed by atoms with Gasteiger partial charge in [0.15, 0.2) is 0 Å². The van der Waals surface area contributed by atoms with E-state index in [0.717, 1.165) is 11.1 Å². The van der Waals surface area contributed by atoms with E-state index in [9.17, 15) is 26.7 Å². The van der Waals surface area contributed by atoms with Gasteiger partial charge in [0, 0.05) is 40.4 Å². The molecule has 0 aliphatic carbocycles. The van der Waals surface area contributed by atoms with Gasteiger partial charge in [0.1, 0.15) is 5.60 Å². The monoisotopic (exact) mass is 620 g/mol. The van der Waals surface area contributed by atoms with Crippen molar-refractivity contribution in [3.05, 3.63) is 56.3 Å². The predicted octanol–water partition coefficient (Wildman–Crippen LogP) is 7.79. The van der Waals surface area contributed by atoms with Crippen molar-refractivity contribution in [1.29, 1.82) is 0 Å². The third-order valence-corrected chi connectivity index (χ3v) is 7.42. The SMILES string of the molecule is Cn1c(CC(F)(F)F)c(I)c2ccc(-c3ccc4c(c3)CCN(C(=O)OC(C)(C)C)C4)c(C(F)F)c21. The molecule has 1 aliphatic rings. The normalized spacial score (nSPS) is 14.5. The van der Waals surface area contributed by atoms with Gasteiger partial charge >= 0.3 is 12.3 Å². The summed E-state index contributed by atoms with van der Waals surface area (Å²) in [7, 11) is 1.40. The van der Waals surface area contributed by atoms with E-state index in [1.807, 2.05) is 12.1 Å². The fourth-order valence-corrected chi connectivity index (χ4v) is 5.63. The Kier molecular flexibility index (Phi) is 7.04. The second-order valence-corrected chi connectivity index (χ2v) is 11.0. The Balaban J connectivity index is 1.74. The third-order valence-electron chi connectivity index (χ3n) is 6.21. The number of aromatic nitrogens is 1. The van der Waals surface area contributed by atoms with Crippen molar-refractivity contribution in [3.63, 3.8) is 0 Å². The number of amides is 1. The Morgan fingerprint density at radius 3 is 2.42 bits per heavy atom. The van der Waals surface area contributed by atoms with Crippen LogP contribution in [0.1, 0.15) is 49.6 Å². The number of halogens is 6. The Morgan fingerprint density at radius 2 is 1.81 bits per heavy atom. The molecule has 4 rings (SSSR count). The van der Waals surface area contributed by atoms with Crippen LogP contribution in [0.15, 0.2) is 30.3 Å². The summed E-state index contributed by atoms with van der Waals surface area (Å²) < 4.78 is 75.3. The first-order valence-electron chi connectivity index (χ1n) is 11.4. The number of carbonyl (C=O) groups is 1. The minimum atomic E-state index is -4.46. The molecule has 2 aromatic carbocycles. The average molecular weight is 620 g/mol. The number of aryl methyl sites for hydroxylation is 1. The zero-order valence-electron chi connectivity index (χ0n) is 20.3. The molecule has 0 bridgehead atoms. The molecular weight excluding hydrogens is 594 g/mol. The lowest BCUT2D eigenvalue weighted by Crippen LogP contribution is -2.39. The molecule has 0 atom stereocenters. The van der Waals surface area contributed by atoms with Gasteiger partial charge in [-0.05, 0) is 72.0 Å². The highest BCUT2D eigenvalue weighted by Gasteiger charge is 2.33. The third kappa shape index (κ3) is 5.33. The van der Waals surface area contributed by atoms with Crippen LogP contribution in [0.4, 0.5) is 26.7 Å². The molecule has 3 aromatic rings. The number of fused-ring (bicyclic) bond motifs is 2. The average Bonchev–Trinajstić information content (AvgIpc) is 3.00. The van der Waals surface area contributed by atoms with Gasteiger partial charge in [-0.15, -0.1) is 0 Å². The van der Waals surface area contributed by atoms with E-state index in [1.54, 1.807) is 66.5 Å². The molecule has 0 spiro atoms. The van der Waals surface area contributed by atoms with Crippen LogP contribution in [0, 0.1) is 3.57 Å². The Morgan fingerprint density at radius 1 is 1.11 bits per heavy atom. The zero-order chi connectivity index (χ0) is 26.6. The number of alkyl halides is 5. The molecule has 0 saturated heterocycles. The number of carbonyl (C=O) groups excluding carboxylic acids is 1. The van der Waals surface area contributed by atoms with Crippen molar-refractivity contribution in [2.45, 2.75) is 58.4 Å². The number of rotatable bonds is 3. The van der Waals surface area contributed by atoms with E-state index < -0.39 is 30.7 Å². The number of hydrogen-bond acceptors (Lipinski definition) is 2. The number of ether oxygens (including phenoxy) is 1. The zero-order valence-corrected chi connectivity index (χ0v) is 22.4. The minimum Gasteiger partial charge on any atom is -0.444 e. The highest BCUT2D eigenvalue weighted by atomic mass is 127. The molecule has 36 heavy (non-hydrogen) atoms. The first-order valence-corrected chi connectivity index (χ1v) is 12.5. The highest BCUT2D eigenvalue weighted by Crippen LogP contribution is 2.42. The van der Waals surface area contributed by atoms with Crippen molar-refractivity contribution in [1.82, 2.24) is 9.47 Å². The number of hydrogen-bond donors (Lipinski definition) is 0. The molecule has 1 aliphatic heterocycles. The van der Waals surface area contributed by atoms with E-state index in [2.05, 4.69) is 0 Å². The van der Waals surface area contributed by atoms with Crippen LogP contribution in [-0.4, -0.2) is 33.9 Å². The lowest BCUT2D eigenvalue weighted by Gasteiger charge is -2.31. The van der Waals surface area contributed by atoms with Crippen LogP contribution in [0.3, 0.4) is 0 Å². The summed E-state index contributed by atoms with van der Waals surface area (Å²) in [5.74, 6) is 0. The molecule has 2 heterocycles. The number of benzene rings is 2. The van der Waals surface area contributed by atoms with Crippen LogP contribution in [0.25, 0.3) is 22.0 Å².